The molecule has 1 N–H and O–H groups in total. The Bertz CT molecular complexity index is 669. The summed E-state index contributed by atoms with van der Waals surface area (Å²) in [5.74, 6) is -2.63. The van der Waals surface area contributed by atoms with Crippen molar-refractivity contribution in [3.63, 3.8) is 0 Å². The second kappa shape index (κ2) is 6.50. The molecular formula is C17H16F3NO. The number of rotatable bonds is 4. The van der Waals surface area contributed by atoms with Crippen LogP contribution in [-0.2, 0) is 11.3 Å². The van der Waals surface area contributed by atoms with Crippen molar-refractivity contribution in [2.24, 2.45) is 0 Å². The number of benzene rings is 2. The number of ether oxygens (including phenoxy) is 1. The molecule has 3 rings (SSSR count). The lowest BCUT2D eigenvalue weighted by Gasteiger charge is -2.15. The molecule has 2 nitrogen and oxygen atoms in total. The van der Waals surface area contributed by atoms with Crippen molar-refractivity contribution in [2.75, 3.05) is 13.1 Å². The smallest absolute Gasteiger partial charge is 0.166 e. The fraction of sp³-hybridized carbons (Fsp3) is 0.294. The van der Waals surface area contributed by atoms with Gasteiger partial charge in [-0.1, -0.05) is 24.3 Å². The topological polar surface area (TPSA) is 21.3 Å². The summed E-state index contributed by atoms with van der Waals surface area (Å²) in [5.41, 5.74) is 0.489. The van der Waals surface area contributed by atoms with E-state index in [-0.39, 0.29) is 23.8 Å². The fourth-order valence-electron chi connectivity index (χ4n) is 2.67. The summed E-state index contributed by atoms with van der Waals surface area (Å²) in [6.45, 7) is 1.80. The van der Waals surface area contributed by atoms with Crippen LogP contribution >= 0.6 is 0 Å². The van der Waals surface area contributed by atoms with Crippen LogP contribution in [-0.4, -0.2) is 19.2 Å². The summed E-state index contributed by atoms with van der Waals surface area (Å²) >= 11 is 0. The van der Waals surface area contributed by atoms with Gasteiger partial charge in [0.15, 0.2) is 11.6 Å². The number of halogens is 3. The molecule has 2 aromatic carbocycles. The first kappa shape index (κ1) is 15.1. The van der Waals surface area contributed by atoms with Crippen molar-refractivity contribution in [3.05, 3.63) is 59.4 Å². The fourth-order valence-corrected chi connectivity index (χ4v) is 2.67. The minimum absolute atomic E-state index is 0.0606. The van der Waals surface area contributed by atoms with Gasteiger partial charge in [-0.15, -0.1) is 0 Å². The molecule has 1 fully saturated rings. The zero-order valence-electron chi connectivity index (χ0n) is 11.9. The summed E-state index contributed by atoms with van der Waals surface area (Å²) in [5, 5.41) is 3.17. The van der Waals surface area contributed by atoms with Crippen molar-refractivity contribution in [2.45, 2.75) is 19.1 Å². The molecule has 5 heteroatoms. The van der Waals surface area contributed by atoms with Crippen molar-refractivity contribution in [1.82, 2.24) is 5.32 Å². The van der Waals surface area contributed by atoms with Crippen molar-refractivity contribution in [3.8, 4) is 11.1 Å². The van der Waals surface area contributed by atoms with E-state index >= 15 is 0 Å². The van der Waals surface area contributed by atoms with Crippen molar-refractivity contribution in [1.29, 1.82) is 0 Å². The largest absolute Gasteiger partial charge is 0.372 e. The summed E-state index contributed by atoms with van der Waals surface area (Å²) in [6.07, 6.45) is 0.951. The zero-order chi connectivity index (χ0) is 15.5. The Labute approximate surface area is 126 Å². The van der Waals surface area contributed by atoms with E-state index in [1.54, 1.807) is 12.1 Å². The van der Waals surface area contributed by atoms with Gasteiger partial charge < -0.3 is 10.1 Å². The Hall–Kier alpha value is -1.85. The van der Waals surface area contributed by atoms with Crippen molar-refractivity contribution >= 4 is 0 Å². The number of nitrogens with one attached hydrogen (secondary N) is 1. The van der Waals surface area contributed by atoms with Crippen LogP contribution in [0.1, 0.15) is 12.0 Å². The lowest BCUT2D eigenvalue weighted by molar-refractivity contribution is 0.0543. The predicted molar refractivity (Wildman–Crippen MR) is 77.8 cm³/mol. The molecule has 0 spiro atoms. The van der Waals surface area contributed by atoms with E-state index in [1.807, 2.05) is 0 Å². The second-order valence-corrected chi connectivity index (χ2v) is 5.30. The van der Waals surface area contributed by atoms with Gasteiger partial charge in [0.25, 0.3) is 0 Å². The van der Waals surface area contributed by atoms with Crippen LogP contribution in [0.15, 0.2) is 36.4 Å². The van der Waals surface area contributed by atoms with Gasteiger partial charge in [-0.05, 0) is 30.7 Å². The van der Waals surface area contributed by atoms with Crippen LogP contribution in [0.5, 0.6) is 0 Å². The summed E-state index contributed by atoms with van der Waals surface area (Å²) in [4.78, 5) is 0. The Kier molecular flexibility index (Phi) is 4.45. The van der Waals surface area contributed by atoms with E-state index in [9.17, 15) is 13.2 Å². The normalized spacial score (nSPS) is 17.9. The molecule has 0 saturated carbocycles. The van der Waals surface area contributed by atoms with Gasteiger partial charge in [-0.3, -0.25) is 0 Å². The Morgan fingerprint density at radius 3 is 2.59 bits per heavy atom. The standard InChI is InChI=1S/C17H16F3NO/c18-14-5-1-3-11(10-22-12-7-8-21-9-12)16(14)13-4-2-6-15(19)17(13)20/h1-6,12,21H,7-10H2/t12-/m0/s1. The molecule has 0 aliphatic carbocycles. The summed E-state index contributed by atoms with van der Waals surface area (Å²) in [7, 11) is 0. The molecule has 1 aliphatic heterocycles. The van der Waals surface area contributed by atoms with Gasteiger partial charge in [-0.25, -0.2) is 13.2 Å². The van der Waals surface area contributed by atoms with Gasteiger partial charge in [0.2, 0.25) is 0 Å². The third-order valence-electron chi connectivity index (χ3n) is 3.81. The lowest BCUT2D eigenvalue weighted by atomic mass is 9.98. The first-order valence-electron chi connectivity index (χ1n) is 7.21. The minimum Gasteiger partial charge on any atom is -0.372 e. The van der Waals surface area contributed by atoms with Gasteiger partial charge in [0.05, 0.1) is 12.7 Å². The maximum Gasteiger partial charge on any atom is 0.166 e. The molecule has 1 aliphatic rings. The molecule has 2 aromatic rings. The predicted octanol–water partition coefficient (Wildman–Crippen LogP) is 3.65. The van der Waals surface area contributed by atoms with E-state index in [1.165, 1.54) is 18.2 Å². The molecule has 1 atom stereocenters. The van der Waals surface area contributed by atoms with Crippen molar-refractivity contribution < 1.29 is 17.9 Å². The summed E-state index contributed by atoms with van der Waals surface area (Å²) < 4.78 is 47.3. The van der Waals surface area contributed by atoms with E-state index in [2.05, 4.69) is 5.32 Å². The molecule has 0 aromatic heterocycles. The summed E-state index contributed by atoms with van der Waals surface area (Å²) in [6, 6.07) is 8.20. The molecule has 1 saturated heterocycles. The average Bonchev–Trinajstić information content (AvgIpc) is 3.02. The minimum atomic E-state index is -1.05. The SMILES string of the molecule is Fc1cccc(-c2c(F)cccc2CO[C@H]2CCNC2)c1F. The monoisotopic (exact) mass is 307 g/mol. The van der Waals surface area contributed by atoms with Crippen LogP contribution in [0.25, 0.3) is 11.1 Å². The average molecular weight is 307 g/mol. The van der Waals surface area contributed by atoms with E-state index in [0.717, 1.165) is 25.6 Å². The van der Waals surface area contributed by atoms with Crippen LogP contribution in [0.3, 0.4) is 0 Å². The quantitative estimate of drug-likeness (QED) is 0.931. The molecule has 116 valence electrons. The van der Waals surface area contributed by atoms with Crippen LogP contribution in [0, 0.1) is 17.5 Å². The second-order valence-electron chi connectivity index (χ2n) is 5.30. The zero-order valence-corrected chi connectivity index (χ0v) is 11.9. The third-order valence-corrected chi connectivity index (χ3v) is 3.81. The molecule has 1 heterocycles. The third kappa shape index (κ3) is 3.00. The molecule has 22 heavy (non-hydrogen) atoms. The van der Waals surface area contributed by atoms with Gasteiger partial charge >= 0.3 is 0 Å². The van der Waals surface area contributed by atoms with Gasteiger partial charge in [0.1, 0.15) is 5.82 Å². The molecule has 0 bridgehead atoms. The van der Waals surface area contributed by atoms with Crippen LogP contribution < -0.4 is 5.32 Å². The molecular weight excluding hydrogens is 291 g/mol. The highest BCUT2D eigenvalue weighted by atomic mass is 19.2. The Morgan fingerprint density at radius 1 is 1.05 bits per heavy atom. The molecule has 0 amide bonds. The van der Waals surface area contributed by atoms with Gasteiger partial charge in [0, 0.05) is 17.7 Å². The van der Waals surface area contributed by atoms with E-state index in [0.29, 0.717) is 5.56 Å². The maximum atomic E-state index is 14.2. The van der Waals surface area contributed by atoms with Gasteiger partial charge in [-0.2, -0.15) is 0 Å². The highest BCUT2D eigenvalue weighted by Gasteiger charge is 2.19. The van der Waals surface area contributed by atoms with Crippen LogP contribution in [0.4, 0.5) is 13.2 Å². The maximum absolute atomic E-state index is 14.2. The van der Waals surface area contributed by atoms with E-state index < -0.39 is 17.5 Å². The molecule has 0 unspecified atom stereocenters. The van der Waals surface area contributed by atoms with E-state index in [4.69, 9.17) is 4.74 Å². The molecule has 0 radical (unpaired) electrons. The first-order chi connectivity index (χ1) is 10.7. The Morgan fingerprint density at radius 2 is 1.82 bits per heavy atom. The first-order valence-corrected chi connectivity index (χ1v) is 7.21. The highest BCUT2D eigenvalue weighted by Crippen LogP contribution is 2.31. The highest BCUT2D eigenvalue weighted by molar-refractivity contribution is 5.68. The number of hydrogen-bond donors (Lipinski definition) is 1. The number of hydrogen-bond acceptors (Lipinski definition) is 2. The van der Waals surface area contributed by atoms with Crippen LogP contribution in [0.2, 0.25) is 0 Å². The Balaban J connectivity index is 1.94. The lowest BCUT2D eigenvalue weighted by Crippen LogP contribution is -2.16.